The van der Waals surface area contributed by atoms with Crippen LogP contribution in [0.3, 0.4) is 0 Å². The van der Waals surface area contributed by atoms with Gasteiger partial charge in [0.1, 0.15) is 0 Å². The molecule has 0 atom stereocenters. The van der Waals surface area contributed by atoms with Gasteiger partial charge in [-0.15, -0.1) is 0 Å². The molecule has 12 rings (SSSR count). The number of rotatable bonds is 5. The van der Waals surface area contributed by atoms with Gasteiger partial charge < -0.3 is 0 Å². The van der Waals surface area contributed by atoms with Crippen molar-refractivity contribution in [1.82, 2.24) is 0 Å². The maximum Gasteiger partial charge on any atom is 0.0159 e. The second kappa shape index (κ2) is 13.5. The predicted molar refractivity (Wildman–Crippen MR) is 266 cm³/mol. The Balaban J connectivity index is 0.831. The topological polar surface area (TPSA) is 0 Å². The van der Waals surface area contributed by atoms with Crippen LogP contribution < -0.4 is 0 Å². The normalized spacial score (nSPS) is 15.2. The Morgan fingerprint density at radius 3 is 0.841 bits per heavy atom. The van der Waals surface area contributed by atoms with Crippen molar-refractivity contribution in [2.45, 2.75) is 57.8 Å². The van der Waals surface area contributed by atoms with Crippen LogP contribution in [0.2, 0.25) is 0 Å². The van der Waals surface area contributed by atoms with Crippen molar-refractivity contribution in [1.29, 1.82) is 0 Å². The monoisotopic (exact) mass is 806 g/mol. The Morgan fingerprint density at radius 2 is 0.444 bits per heavy atom. The quantitative estimate of drug-likeness (QED) is 0.163. The summed E-state index contributed by atoms with van der Waals surface area (Å²) < 4.78 is 0. The van der Waals surface area contributed by atoms with E-state index in [0.29, 0.717) is 0 Å². The molecule has 0 unspecified atom stereocenters. The fourth-order valence-electron chi connectivity index (χ4n) is 11.5. The average molecular weight is 807 g/mol. The van der Waals surface area contributed by atoms with E-state index in [4.69, 9.17) is 0 Å². The first kappa shape index (κ1) is 37.7. The van der Waals surface area contributed by atoms with E-state index in [1.54, 1.807) is 0 Å². The number of hydrogen-bond donors (Lipinski definition) is 0. The number of fused-ring (bicyclic) bond motifs is 9. The summed E-state index contributed by atoms with van der Waals surface area (Å²) in [6.07, 6.45) is 0. The lowest BCUT2D eigenvalue weighted by Gasteiger charge is -2.23. The zero-order chi connectivity index (χ0) is 42.8. The molecule has 302 valence electrons. The molecular weight excluding hydrogens is 757 g/mol. The third kappa shape index (κ3) is 5.60. The van der Waals surface area contributed by atoms with Gasteiger partial charge in [0.15, 0.2) is 0 Å². The summed E-state index contributed by atoms with van der Waals surface area (Å²) in [6, 6.07) is 73.3. The van der Waals surface area contributed by atoms with Crippen LogP contribution in [0.4, 0.5) is 0 Å². The first-order valence-corrected chi connectivity index (χ1v) is 22.6. The van der Waals surface area contributed by atoms with Gasteiger partial charge in [-0.1, -0.05) is 205 Å². The van der Waals surface area contributed by atoms with Gasteiger partial charge in [0.25, 0.3) is 0 Å². The lowest BCUT2D eigenvalue weighted by atomic mass is 9.80. The van der Waals surface area contributed by atoms with Crippen molar-refractivity contribution < 1.29 is 0 Å². The molecule has 0 saturated heterocycles. The fourth-order valence-corrected chi connectivity index (χ4v) is 11.5. The molecule has 0 radical (unpaired) electrons. The van der Waals surface area contributed by atoms with Crippen LogP contribution >= 0.6 is 0 Å². The smallest absolute Gasteiger partial charge is 0.0159 e. The molecule has 3 aliphatic carbocycles. The molecule has 0 aromatic heterocycles. The van der Waals surface area contributed by atoms with Gasteiger partial charge in [0, 0.05) is 16.2 Å². The highest BCUT2D eigenvalue weighted by atomic mass is 14.4. The third-order valence-electron chi connectivity index (χ3n) is 15.1. The van der Waals surface area contributed by atoms with E-state index in [1.165, 1.54) is 122 Å². The Hall–Kier alpha value is -7.02. The van der Waals surface area contributed by atoms with Crippen molar-refractivity contribution in [3.63, 3.8) is 0 Å². The van der Waals surface area contributed by atoms with Gasteiger partial charge in [-0.2, -0.15) is 0 Å². The van der Waals surface area contributed by atoms with Gasteiger partial charge in [0.2, 0.25) is 0 Å². The zero-order valence-corrected chi connectivity index (χ0v) is 37.0. The lowest BCUT2D eigenvalue weighted by molar-refractivity contribution is 0.660. The van der Waals surface area contributed by atoms with Crippen LogP contribution in [-0.4, -0.2) is 0 Å². The van der Waals surface area contributed by atoms with Gasteiger partial charge in [-0.25, -0.2) is 0 Å². The first-order valence-electron chi connectivity index (χ1n) is 22.6. The largest absolute Gasteiger partial charge is 0.0622 e. The first-order chi connectivity index (χ1) is 30.5. The Kier molecular flexibility index (Phi) is 8.08. The molecule has 9 aromatic carbocycles. The summed E-state index contributed by atoms with van der Waals surface area (Å²) >= 11 is 0. The highest BCUT2D eigenvalue weighted by Crippen LogP contribution is 2.54. The third-order valence-corrected chi connectivity index (χ3v) is 15.1. The summed E-state index contributed by atoms with van der Waals surface area (Å²) in [6.45, 7) is 14.3. The maximum absolute atomic E-state index is 2.47. The molecule has 0 heterocycles. The maximum atomic E-state index is 2.47. The minimum atomic E-state index is -0.147. The number of hydrogen-bond acceptors (Lipinski definition) is 0. The molecular formula is C63H50. The molecule has 0 fully saturated rings. The van der Waals surface area contributed by atoms with E-state index in [9.17, 15) is 0 Å². The SMILES string of the molecule is CC1(C)c2cc(-c3ccccc3)ccc2-c2ccc(-c3ccc(-c4ccc5c(c4)C(C)(C)c4cc(-c6ccccc6-c6ccc7c(c6)C(C)(C)c6ccccc6-7)ccc4-5)cc3)cc21. The molecule has 3 aliphatic rings. The Labute approximate surface area is 372 Å². The molecule has 0 amide bonds. The lowest BCUT2D eigenvalue weighted by Crippen LogP contribution is -2.15. The summed E-state index contributed by atoms with van der Waals surface area (Å²) in [4.78, 5) is 0. The number of benzene rings is 9. The van der Waals surface area contributed by atoms with Crippen molar-refractivity contribution in [2.24, 2.45) is 0 Å². The second-order valence-corrected chi connectivity index (χ2v) is 19.7. The van der Waals surface area contributed by atoms with E-state index in [1.807, 2.05) is 0 Å². The van der Waals surface area contributed by atoms with Gasteiger partial charge >= 0.3 is 0 Å². The second-order valence-electron chi connectivity index (χ2n) is 19.7. The summed E-state index contributed by atoms with van der Waals surface area (Å²) in [5.74, 6) is 0. The van der Waals surface area contributed by atoms with Gasteiger partial charge in [0.05, 0.1) is 0 Å². The minimum Gasteiger partial charge on any atom is -0.0622 e. The van der Waals surface area contributed by atoms with Crippen LogP contribution in [0.25, 0.3) is 89.0 Å². The van der Waals surface area contributed by atoms with E-state index < -0.39 is 0 Å². The predicted octanol–water partition coefficient (Wildman–Crippen LogP) is 16.9. The van der Waals surface area contributed by atoms with E-state index in [-0.39, 0.29) is 16.2 Å². The summed E-state index contributed by atoms with van der Waals surface area (Å²) in [5, 5.41) is 0. The van der Waals surface area contributed by atoms with Crippen LogP contribution in [0, 0.1) is 0 Å². The minimum absolute atomic E-state index is 0.0388. The highest BCUT2D eigenvalue weighted by Gasteiger charge is 2.38. The Bertz CT molecular complexity index is 3330. The zero-order valence-electron chi connectivity index (χ0n) is 37.0. The molecule has 0 spiro atoms. The standard InChI is InChI=1S/C63H50/c1-61(2)55-19-13-12-18-49(55)50-32-27-45(37-59(50)61)47-16-10-11-17-48(47)46-28-33-54-53-31-26-44(36-58(53)63(5,6)60(54)38-46)41-22-20-40(21-23-41)43-25-30-52-51-29-24-42(39-14-8-7-9-15-39)34-56(51)62(3,4)57(52)35-43/h7-38H,1-6H3. The van der Waals surface area contributed by atoms with Gasteiger partial charge in [-0.05, 0) is 153 Å². The molecule has 0 N–H and O–H groups in total. The molecule has 0 bridgehead atoms. The van der Waals surface area contributed by atoms with Gasteiger partial charge in [-0.3, -0.25) is 0 Å². The van der Waals surface area contributed by atoms with E-state index in [2.05, 4.69) is 236 Å². The molecule has 0 heteroatoms. The van der Waals surface area contributed by atoms with E-state index >= 15 is 0 Å². The van der Waals surface area contributed by atoms with Crippen molar-refractivity contribution >= 4 is 0 Å². The van der Waals surface area contributed by atoms with Crippen molar-refractivity contribution in [3.8, 4) is 89.0 Å². The van der Waals surface area contributed by atoms with Crippen LogP contribution in [0.1, 0.15) is 74.9 Å². The Morgan fingerprint density at radius 1 is 0.190 bits per heavy atom. The highest BCUT2D eigenvalue weighted by molar-refractivity contribution is 5.92. The van der Waals surface area contributed by atoms with Crippen LogP contribution in [0.15, 0.2) is 194 Å². The molecule has 63 heavy (non-hydrogen) atoms. The molecule has 9 aromatic rings. The molecule has 0 nitrogen and oxygen atoms in total. The fraction of sp³-hybridized carbons (Fsp3) is 0.143. The van der Waals surface area contributed by atoms with Crippen LogP contribution in [-0.2, 0) is 16.2 Å². The summed E-state index contributed by atoms with van der Waals surface area (Å²) in [7, 11) is 0. The van der Waals surface area contributed by atoms with Crippen LogP contribution in [0.5, 0.6) is 0 Å². The van der Waals surface area contributed by atoms with Crippen molar-refractivity contribution in [2.75, 3.05) is 0 Å². The summed E-state index contributed by atoms with van der Waals surface area (Å²) in [5.41, 5.74) is 28.9. The molecule has 0 aliphatic heterocycles. The average Bonchev–Trinajstić information content (AvgIpc) is 3.80. The van der Waals surface area contributed by atoms with Crippen molar-refractivity contribution in [3.05, 3.63) is 228 Å². The van der Waals surface area contributed by atoms with E-state index in [0.717, 1.165) is 0 Å². The molecule has 0 saturated carbocycles.